The molecule has 7 nitrogen and oxygen atoms in total. The first-order valence-corrected chi connectivity index (χ1v) is 6.86. The monoisotopic (exact) mass is 332 g/mol. The number of pyridine rings is 1. The Morgan fingerprint density at radius 2 is 2.13 bits per heavy atom. The largest absolute Gasteiger partial charge is 0.495 e. The number of carbonyl (C=O) groups excluding carboxylic acids is 2. The van der Waals surface area contributed by atoms with Gasteiger partial charge in [-0.3, -0.25) is 14.6 Å². The summed E-state index contributed by atoms with van der Waals surface area (Å²) in [5.74, 6) is -1.43. The standard InChI is InChI=1S/C15H13ClN4O3/c1-23-13-5-4-11(16)7-12(13)19-14(21)15(22)20-18-9-10-3-2-6-17-8-10/h2-9H,1H3,(H,19,21)(H,20,22)/b18-9+. The maximum atomic E-state index is 11.8. The molecule has 0 atom stereocenters. The van der Waals surface area contributed by atoms with Crippen LogP contribution in [0.4, 0.5) is 5.69 Å². The minimum Gasteiger partial charge on any atom is -0.495 e. The highest BCUT2D eigenvalue weighted by Crippen LogP contribution is 2.27. The molecule has 0 radical (unpaired) electrons. The van der Waals surface area contributed by atoms with Gasteiger partial charge in [0.15, 0.2) is 0 Å². The molecule has 23 heavy (non-hydrogen) atoms. The Bertz CT molecular complexity index is 735. The van der Waals surface area contributed by atoms with Crippen molar-refractivity contribution >= 4 is 35.3 Å². The molecule has 118 valence electrons. The number of hydrogen-bond donors (Lipinski definition) is 2. The molecule has 0 unspecified atom stereocenters. The summed E-state index contributed by atoms with van der Waals surface area (Å²) in [6.45, 7) is 0. The lowest BCUT2D eigenvalue weighted by atomic mass is 10.3. The molecule has 2 aromatic rings. The predicted octanol–water partition coefficient (Wildman–Crippen LogP) is 1.83. The number of methoxy groups -OCH3 is 1. The third kappa shape index (κ3) is 4.79. The summed E-state index contributed by atoms with van der Waals surface area (Å²) in [5, 5.41) is 6.48. The molecule has 0 saturated heterocycles. The van der Waals surface area contributed by atoms with Crippen LogP contribution in [0.1, 0.15) is 5.56 Å². The van der Waals surface area contributed by atoms with Gasteiger partial charge in [0, 0.05) is 23.0 Å². The van der Waals surface area contributed by atoms with Crippen LogP contribution < -0.4 is 15.5 Å². The molecule has 2 rings (SSSR count). The van der Waals surface area contributed by atoms with Gasteiger partial charge >= 0.3 is 11.8 Å². The van der Waals surface area contributed by atoms with Gasteiger partial charge in [0.2, 0.25) is 0 Å². The highest BCUT2D eigenvalue weighted by molar-refractivity contribution is 6.40. The van der Waals surface area contributed by atoms with E-state index in [1.54, 1.807) is 36.7 Å². The van der Waals surface area contributed by atoms with Gasteiger partial charge < -0.3 is 10.1 Å². The molecule has 2 amide bonds. The predicted molar refractivity (Wildman–Crippen MR) is 86.6 cm³/mol. The summed E-state index contributed by atoms with van der Waals surface area (Å²) in [7, 11) is 1.44. The fourth-order valence-electron chi connectivity index (χ4n) is 1.63. The van der Waals surface area contributed by atoms with E-state index in [2.05, 4.69) is 20.8 Å². The van der Waals surface area contributed by atoms with E-state index in [1.165, 1.54) is 19.4 Å². The number of carbonyl (C=O) groups is 2. The van der Waals surface area contributed by atoms with E-state index >= 15 is 0 Å². The van der Waals surface area contributed by atoms with Crippen molar-refractivity contribution in [3.63, 3.8) is 0 Å². The SMILES string of the molecule is COc1ccc(Cl)cc1NC(=O)C(=O)N/N=C/c1cccnc1. The van der Waals surface area contributed by atoms with Crippen molar-refractivity contribution in [2.45, 2.75) is 0 Å². The second-order valence-corrected chi connectivity index (χ2v) is 4.72. The molecule has 0 fully saturated rings. The quantitative estimate of drug-likeness (QED) is 0.507. The van der Waals surface area contributed by atoms with Crippen molar-refractivity contribution in [1.82, 2.24) is 10.4 Å². The Kier molecular flexibility index (Phi) is 5.65. The first-order valence-electron chi connectivity index (χ1n) is 6.48. The van der Waals surface area contributed by atoms with Crippen LogP contribution in [0.3, 0.4) is 0 Å². The van der Waals surface area contributed by atoms with Crippen LogP contribution in [0.15, 0.2) is 47.8 Å². The number of amides is 2. The molecule has 1 aromatic heterocycles. The van der Waals surface area contributed by atoms with Gasteiger partial charge in [-0.15, -0.1) is 0 Å². The summed E-state index contributed by atoms with van der Waals surface area (Å²) in [5.41, 5.74) is 3.09. The number of halogens is 1. The molecule has 2 N–H and O–H groups in total. The van der Waals surface area contributed by atoms with Crippen LogP contribution in [0, 0.1) is 0 Å². The van der Waals surface area contributed by atoms with Crippen LogP contribution in [-0.4, -0.2) is 30.1 Å². The number of hydrogen-bond acceptors (Lipinski definition) is 5. The van der Waals surface area contributed by atoms with Gasteiger partial charge in [-0.2, -0.15) is 5.10 Å². The fourth-order valence-corrected chi connectivity index (χ4v) is 1.80. The van der Waals surface area contributed by atoms with Gasteiger partial charge in [0.1, 0.15) is 5.75 Å². The third-order valence-corrected chi connectivity index (χ3v) is 2.92. The maximum absolute atomic E-state index is 11.8. The molecular formula is C15H13ClN4O3. The van der Waals surface area contributed by atoms with Crippen molar-refractivity contribution in [3.8, 4) is 5.75 Å². The Morgan fingerprint density at radius 1 is 1.30 bits per heavy atom. The van der Waals surface area contributed by atoms with Crippen LogP contribution >= 0.6 is 11.6 Å². The van der Waals surface area contributed by atoms with Gasteiger partial charge in [0.25, 0.3) is 0 Å². The first-order chi connectivity index (χ1) is 11.1. The Labute approximate surface area is 137 Å². The molecule has 1 aromatic carbocycles. The number of rotatable bonds is 4. The topological polar surface area (TPSA) is 92.7 Å². The van der Waals surface area contributed by atoms with Crippen molar-refractivity contribution in [2.24, 2.45) is 5.10 Å². The molecule has 8 heteroatoms. The lowest BCUT2D eigenvalue weighted by Crippen LogP contribution is -2.32. The Morgan fingerprint density at radius 3 is 2.83 bits per heavy atom. The van der Waals surface area contributed by atoms with E-state index in [-0.39, 0.29) is 5.69 Å². The molecule has 0 bridgehead atoms. The first kappa shape index (κ1) is 16.4. The molecule has 0 saturated carbocycles. The van der Waals surface area contributed by atoms with E-state index in [0.717, 1.165) is 0 Å². The van der Waals surface area contributed by atoms with Crippen molar-refractivity contribution in [3.05, 3.63) is 53.3 Å². The smallest absolute Gasteiger partial charge is 0.329 e. The number of ether oxygens (including phenoxy) is 1. The highest BCUT2D eigenvalue weighted by Gasteiger charge is 2.15. The Balaban J connectivity index is 1.97. The second-order valence-electron chi connectivity index (χ2n) is 4.28. The Hall–Kier alpha value is -2.93. The van der Waals surface area contributed by atoms with Crippen molar-refractivity contribution in [1.29, 1.82) is 0 Å². The number of nitrogens with zero attached hydrogens (tertiary/aromatic N) is 2. The molecule has 1 heterocycles. The van der Waals surface area contributed by atoms with E-state index < -0.39 is 11.8 Å². The van der Waals surface area contributed by atoms with E-state index in [4.69, 9.17) is 16.3 Å². The molecule has 0 aliphatic rings. The van der Waals surface area contributed by atoms with Crippen LogP contribution in [0.2, 0.25) is 5.02 Å². The highest BCUT2D eigenvalue weighted by atomic mass is 35.5. The fraction of sp³-hybridized carbons (Fsp3) is 0.0667. The summed E-state index contributed by atoms with van der Waals surface area (Å²) in [6, 6.07) is 8.13. The normalized spacial score (nSPS) is 10.3. The molecular weight excluding hydrogens is 320 g/mol. The van der Waals surface area contributed by atoms with Gasteiger partial charge in [-0.05, 0) is 24.3 Å². The minimum atomic E-state index is -0.924. The lowest BCUT2D eigenvalue weighted by Gasteiger charge is -2.09. The van der Waals surface area contributed by atoms with E-state index in [9.17, 15) is 9.59 Å². The zero-order chi connectivity index (χ0) is 16.7. The van der Waals surface area contributed by atoms with Crippen LogP contribution in [0.25, 0.3) is 0 Å². The number of benzene rings is 1. The average molecular weight is 333 g/mol. The zero-order valence-electron chi connectivity index (χ0n) is 12.1. The van der Waals surface area contributed by atoms with Gasteiger partial charge in [0.05, 0.1) is 19.0 Å². The summed E-state index contributed by atoms with van der Waals surface area (Å²) >= 11 is 5.85. The van der Waals surface area contributed by atoms with E-state index in [1.807, 2.05) is 0 Å². The maximum Gasteiger partial charge on any atom is 0.329 e. The zero-order valence-corrected chi connectivity index (χ0v) is 12.9. The summed E-state index contributed by atoms with van der Waals surface area (Å²) < 4.78 is 5.08. The molecule has 0 spiro atoms. The third-order valence-electron chi connectivity index (χ3n) is 2.68. The van der Waals surface area contributed by atoms with E-state index in [0.29, 0.717) is 16.3 Å². The average Bonchev–Trinajstić information content (AvgIpc) is 2.56. The number of nitrogens with one attached hydrogen (secondary N) is 2. The number of anilines is 1. The summed E-state index contributed by atoms with van der Waals surface area (Å²) in [4.78, 5) is 27.4. The van der Waals surface area contributed by atoms with Gasteiger partial charge in [-0.25, -0.2) is 5.43 Å². The van der Waals surface area contributed by atoms with Gasteiger partial charge in [-0.1, -0.05) is 17.7 Å². The lowest BCUT2D eigenvalue weighted by molar-refractivity contribution is -0.136. The van der Waals surface area contributed by atoms with Crippen molar-refractivity contribution < 1.29 is 14.3 Å². The van der Waals surface area contributed by atoms with Crippen LogP contribution in [-0.2, 0) is 9.59 Å². The second kappa shape index (κ2) is 7.90. The van der Waals surface area contributed by atoms with Crippen LogP contribution in [0.5, 0.6) is 5.75 Å². The molecule has 0 aliphatic carbocycles. The summed E-state index contributed by atoms with van der Waals surface area (Å²) in [6.07, 6.45) is 4.55. The minimum absolute atomic E-state index is 0.288. The van der Waals surface area contributed by atoms with Crippen molar-refractivity contribution in [2.75, 3.05) is 12.4 Å². The molecule has 0 aliphatic heterocycles. The number of hydrazone groups is 1. The number of aromatic nitrogens is 1.